The first-order chi connectivity index (χ1) is 10.6. The van der Waals surface area contributed by atoms with Crippen LogP contribution in [0.1, 0.15) is 60.3 Å². The standard InChI is InChI=1S/C10H15NO4.C6H12O2/c1-10(2,3)15-9(14)11-5-4-7(12)6-8(11)13;1-3-4-5-8-6(2)7/h4-6H2,1-3H3;3-5H2,1-2H3. The van der Waals surface area contributed by atoms with E-state index in [1.54, 1.807) is 20.8 Å². The second kappa shape index (κ2) is 9.97. The summed E-state index contributed by atoms with van der Waals surface area (Å²) in [5.74, 6) is -0.779. The maximum atomic E-state index is 11.5. The van der Waals surface area contributed by atoms with Gasteiger partial charge in [0, 0.05) is 19.9 Å². The van der Waals surface area contributed by atoms with E-state index in [0.29, 0.717) is 6.61 Å². The van der Waals surface area contributed by atoms with Crippen molar-refractivity contribution in [3.8, 4) is 0 Å². The molecule has 132 valence electrons. The SMILES string of the molecule is CC(C)(C)OC(=O)N1CCC(=O)CC1=O.CCCCOC(C)=O. The average molecular weight is 329 g/mol. The van der Waals surface area contributed by atoms with Crippen molar-refractivity contribution in [1.29, 1.82) is 0 Å². The van der Waals surface area contributed by atoms with E-state index in [0.717, 1.165) is 17.7 Å². The molecule has 23 heavy (non-hydrogen) atoms. The van der Waals surface area contributed by atoms with Crippen molar-refractivity contribution < 1.29 is 28.7 Å². The van der Waals surface area contributed by atoms with E-state index in [9.17, 15) is 19.2 Å². The molecule has 0 bridgehead atoms. The Morgan fingerprint density at radius 3 is 2.26 bits per heavy atom. The summed E-state index contributed by atoms with van der Waals surface area (Å²) in [5, 5.41) is 0. The van der Waals surface area contributed by atoms with Crippen LogP contribution in [0.4, 0.5) is 4.79 Å². The first-order valence-corrected chi connectivity index (χ1v) is 7.75. The molecule has 1 saturated heterocycles. The summed E-state index contributed by atoms with van der Waals surface area (Å²) in [6, 6.07) is 0. The van der Waals surface area contributed by atoms with Gasteiger partial charge in [0.25, 0.3) is 0 Å². The van der Waals surface area contributed by atoms with Crippen molar-refractivity contribution in [2.24, 2.45) is 0 Å². The first-order valence-electron chi connectivity index (χ1n) is 7.75. The Labute approximate surface area is 137 Å². The molecule has 1 fully saturated rings. The van der Waals surface area contributed by atoms with Crippen LogP contribution in [0, 0.1) is 0 Å². The zero-order valence-corrected chi connectivity index (χ0v) is 14.6. The number of hydrogen-bond acceptors (Lipinski definition) is 6. The van der Waals surface area contributed by atoms with Crippen molar-refractivity contribution >= 4 is 23.8 Å². The lowest BCUT2D eigenvalue weighted by Crippen LogP contribution is -2.45. The number of esters is 1. The van der Waals surface area contributed by atoms with Crippen molar-refractivity contribution in [1.82, 2.24) is 4.90 Å². The van der Waals surface area contributed by atoms with E-state index < -0.39 is 17.6 Å². The summed E-state index contributed by atoms with van der Waals surface area (Å²) in [7, 11) is 0. The second-order valence-electron chi connectivity index (χ2n) is 6.18. The van der Waals surface area contributed by atoms with Gasteiger partial charge in [-0.05, 0) is 27.2 Å². The highest BCUT2D eigenvalue weighted by Crippen LogP contribution is 2.14. The number of ketones is 1. The lowest BCUT2D eigenvalue weighted by molar-refractivity contribution is -0.141. The van der Waals surface area contributed by atoms with Gasteiger partial charge in [0.1, 0.15) is 11.4 Å². The molecule has 0 N–H and O–H groups in total. The van der Waals surface area contributed by atoms with Gasteiger partial charge in [0.2, 0.25) is 5.91 Å². The summed E-state index contributed by atoms with van der Waals surface area (Å²) in [5.41, 5.74) is -0.626. The Hall–Kier alpha value is -1.92. The van der Waals surface area contributed by atoms with E-state index in [-0.39, 0.29) is 31.1 Å². The van der Waals surface area contributed by atoms with E-state index in [1.807, 2.05) is 0 Å². The number of nitrogens with zero attached hydrogens (tertiary/aromatic N) is 1. The number of imide groups is 1. The predicted molar refractivity (Wildman–Crippen MR) is 83.7 cm³/mol. The molecule has 0 unspecified atom stereocenters. The third-order valence-corrected chi connectivity index (χ3v) is 2.68. The van der Waals surface area contributed by atoms with Gasteiger partial charge in [0.05, 0.1) is 13.0 Å². The molecule has 2 amide bonds. The number of likely N-dealkylation sites (tertiary alicyclic amines) is 1. The summed E-state index contributed by atoms with van der Waals surface area (Å²) < 4.78 is 9.68. The summed E-state index contributed by atoms with van der Waals surface area (Å²) in [4.78, 5) is 44.9. The van der Waals surface area contributed by atoms with Crippen molar-refractivity contribution in [2.75, 3.05) is 13.2 Å². The maximum Gasteiger partial charge on any atom is 0.417 e. The van der Waals surface area contributed by atoms with Crippen LogP contribution in [0.25, 0.3) is 0 Å². The normalized spacial score (nSPS) is 14.7. The van der Waals surface area contributed by atoms with Gasteiger partial charge < -0.3 is 9.47 Å². The van der Waals surface area contributed by atoms with Crippen LogP contribution in [0.15, 0.2) is 0 Å². The zero-order chi connectivity index (χ0) is 18.0. The van der Waals surface area contributed by atoms with Crippen molar-refractivity contribution in [3.05, 3.63) is 0 Å². The summed E-state index contributed by atoms with van der Waals surface area (Å²) >= 11 is 0. The minimum absolute atomic E-state index is 0.125. The number of hydrogen-bond donors (Lipinski definition) is 0. The lowest BCUT2D eigenvalue weighted by atomic mass is 10.1. The largest absolute Gasteiger partial charge is 0.466 e. The predicted octanol–water partition coefficient (Wildman–Crippen LogP) is 2.46. The van der Waals surface area contributed by atoms with Gasteiger partial charge >= 0.3 is 12.1 Å². The van der Waals surface area contributed by atoms with E-state index in [2.05, 4.69) is 11.7 Å². The lowest BCUT2D eigenvalue weighted by Gasteiger charge is -2.27. The number of ether oxygens (including phenoxy) is 2. The number of unbranched alkanes of at least 4 members (excludes halogenated alkanes) is 1. The Balaban J connectivity index is 0.000000515. The molecule has 1 aliphatic rings. The van der Waals surface area contributed by atoms with Crippen LogP contribution in [0.2, 0.25) is 0 Å². The molecule has 1 aliphatic heterocycles. The zero-order valence-electron chi connectivity index (χ0n) is 14.6. The maximum absolute atomic E-state index is 11.5. The Morgan fingerprint density at radius 2 is 1.83 bits per heavy atom. The molecule has 0 radical (unpaired) electrons. The molecule has 7 nitrogen and oxygen atoms in total. The minimum atomic E-state index is -0.667. The van der Waals surface area contributed by atoms with Gasteiger partial charge in [-0.3, -0.25) is 14.4 Å². The van der Waals surface area contributed by atoms with Crippen LogP contribution < -0.4 is 0 Å². The molecule has 0 aromatic rings. The number of amides is 2. The van der Waals surface area contributed by atoms with E-state index in [1.165, 1.54) is 6.92 Å². The Bertz CT molecular complexity index is 438. The monoisotopic (exact) mass is 329 g/mol. The summed E-state index contributed by atoms with van der Waals surface area (Å²) in [6.07, 6.45) is 1.41. The third kappa shape index (κ3) is 10.4. The highest BCUT2D eigenvalue weighted by molar-refractivity contribution is 6.05. The minimum Gasteiger partial charge on any atom is -0.466 e. The van der Waals surface area contributed by atoms with Crippen LogP contribution in [-0.2, 0) is 23.9 Å². The molecule has 7 heteroatoms. The highest BCUT2D eigenvalue weighted by atomic mass is 16.6. The van der Waals surface area contributed by atoms with Gasteiger partial charge in [-0.2, -0.15) is 0 Å². The fraction of sp³-hybridized carbons (Fsp3) is 0.750. The number of carbonyl (C=O) groups excluding carboxylic acids is 4. The quantitative estimate of drug-likeness (QED) is 0.449. The molecule has 0 aliphatic carbocycles. The van der Waals surface area contributed by atoms with Gasteiger partial charge in [0.15, 0.2) is 0 Å². The van der Waals surface area contributed by atoms with Crippen molar-refractivity contribution in [2.45, 2.75) is 65.9 Å². The van der Waals surface area contributed by atoms with Crippen LogP contribution in [0.3, 0.4) is 0 Å². The fourth-order valence-corrected chi connectivity index (χ4v) is 1.58. The molecule has 0 aromatic heterocycles. The van der Waals surface area contributed by atoms with Crippen LogP contribution in [-0.4, -0.2) is 47.4 Å². The molecule has 0 aromatic carbocycles. The molecule has 0 saturated carbocycles. The number of carbonyl (C=O) groups is 4. The second-order valence-corrected chi connectivity index (χ2v) is 6.18. The molecule has 0 atom stereocenters. The molecule has 1 heterocycles. The third-order valence-electron chi connectivity index (χ3n) is 2.68. The molecular formula is C16H27NO6. The summed E-state index contributed by atoms with van der Waals surface area (Å²) in [6.45, 7) is 9.37. The van der Waals surface area contributed by atoms with Gasteiger partial charge in [-0.25, -0.2) is 9.69 Å². The van der Waals surface area contributed by atoms with Gasteiger partial charge in [-0.15, -0.1) is 0 Å². The highest BCUT2D eigenvalue weighted by Gasteiger charge is 2.31. The van der Waals surface area contributed by atoms with E-state index >= 15 is 0 Å². The molecule has 0 spiro atoms. The Morgan fingerprint density at radius 1 is 1.22 bits per heavy atom. The number of piperidine rings is 1. The van der Waals surface area contributed by atoms with E-state index in [4.69, 9.17) is 4.74 Å². The first kappa shape index (κ1) is 21.1. The van der Waals surface area contributed by atoms with Crippen molar-refractivity contribution in [3.63, 3.8) is 0 Å². The average Bonchev–Trinajstić information content (AvgIpc) is 2.37. The van der Waals surface area contributed by atoms with Crippen LogP contribution >= 0.6 is 0 Å². The van der Waals surface area contributed by atoms with Gasteiger partial charge in [-0.1, -0.05) is 13.3 Å². The number of Topliss-reactive ketones (excluding diaryl/α,β-unsaturated/α-hetero) is 1. The molecular weight excluding hydrogens is 302 g/mol. The topological polar surface area (TPSA) is 90.0 Å². The molecule has 1 rings (SSSR count). The number of rotatable bonds is 3. The smallest absolute Gasteiger partial charge is 0.417 e. The van der Waals surface area contributed by atoms with Crippen LogP contribution in [0.5, 0.6) is 0 Å². The fourth-order valence-electron chi connectivity index (χ4n) is 1.58. The Kier molecular flexibility index (Phi) is 9.14.